The van der Waals surface area contributed by atoms with E-state index in [0.717, 1.165) is 0 Å². The molecule has 0 radical (unpaired) electrons. The van der Waals surface area contributed by atoms with E-state index in [1.807, 2.05) is 13.8 Å². The zero-order valence-corrected chi connectivity index (χ0v) is 10.1. The van der Waals surface area contributed by atoms with Crippen LogP contribution in [0.15, 0.2) is 18.3 Å². The summed E-state index contributed by atoms with van der Waals surface area (Å²) in [7, 11) is 2.95. The summed E-state index contributed by atoms with van der Waals surface area (Å²) in [6.07, 6.45) is 1.65. The Labute approximate surface area is 95.6 Å². The molecule has 88 valence electrons. The minimum atomic E-state index is -0.388. The van der Waals surface area contributed by atoms with E-state index < -0.39 is 0 Å². The molecule has 0 aliphatic carbocycles. The molecule has 0 aliphatic rings. The Balaban J connectivity index is 3.15. The third-order valence-corrected chi connectivity index (χ3v) is 2.44. The van der Waals surface area contributed by atoms with E-state index in [-0.39, 0.29) is 17.8 Å². The topological polar surface area (TPSA) is 48.4 Å². The van der Waals surface area contributed by atoms with Crippen molar-refractivity contribution in [3.05, 3.63) is 24.0 Å². The first-order valence-corrected chi connectivity index (χ1v) is 5.18. The molecule has 4 heteroatoms. The molecule has 1 atom stereocenters. The van der Waals surface area contributed by atoms with Crippen LogP contribution in [0.5, 0.6) is 5.75 Å². The van der Waals surface area contributed by atoms with Crippen LogP contribution in [0.4, 0.5) is 0 Å². The number of hydrogen-bond donors (Lipinski definition) is 0. The lowest BCUT2D eigenvalue weighted by Crippen LogP contribution is -2.21. The number of pyridine rings is 1. The molecule has 16 heavy (non-hydrogen) atoms. The van der Waals surface area contributed by atoms with E-state index in [1.165, 1.54) is 7.11 Å². The molecule has 0 saturated heterocycles. The Bertz CT molecular complexity index is 363. The van der Waals surface area contributed by atoms with Crippen LogP contribution in [0.1, 0.15) is 25.5 Å². The molecule has 0 bridgehead atoms. The fraction of sp³-hybridized carbons (Fsp3) is 0.500. The number of nitrogens with zero attached hydrogens (tertiary/aromatic N) is 1. The highest BCUT2D eigenvalue weighted by molar-refractivity contribution is 5.78. The average molecular weight is 223 g/mol. The lowest BCUT2D eigenvalue weighted by molar-refractivity contribution is -0.143. The summed E-state index contributed by atoms with van der Waals surface area (Å²) >= 11 is 0. The summed E-state index contributed by atoms with van der Waals surface area (Å²) in [5.41, 5.74) is 0.631. The van der Waals surface area contributed by atoms with Crippen LogP contribution >= 0.6 is 0 Å². The second-order valence-electron chi connectivity index (χ2n) is 3.84. The molecule has 1 heterocycles. The summed E-state index contributed by atoms with van der Waals surface area (Å²) in [4.78, 5) is 15.9. The van der Waals surface area contributed by atoms with Crippen molar-refractivity contribution >= 4 is 5.97 Å². The van der Waals surface area contributed by atoms with Gasteiger partial charge in [-0.05, 0) is 18.1 Å². The van der Waals surface area contributed by atoms with Gasteiger partial charge in [0.05, 0.1) is 19.9 Å². The largest absolute Gasteiger partial charge is 0.495 e. The molecule has 4 nitrogen and oxygen atoms in total. The summed E-state index contributed by atoms with van der Waals surface area (Å²) in [6.45, 7) is 3.91. The second-order valence-corrected chi connectivity index (χ2v) is 3.84. The van der Waals surface area contributed by atoms with Crippen LogP contribution in [-0.4, -0.2) is 25.2 Å². The molecule has 0 N–H and O–H groups in total. The van der Waals surface area contributed by atoms with Crippen molar-refractivity contribution in [2.75, 3.05) is 14.2 Å². The summed E-state index contributed by atoms with van der Waals surface area (Å²) in [5.74, 6) is 0.0519. The molecule has 0 fully saturated rings. The normalized spacial score (nSPS) is 12.3. The fourth-order valence-electron chi connectivity index (χ4n) is 1.64. The third-order valence-electron chi connectivity index (χ3n) is 2.44. The molecule has 0 amide bonds. The lowest BCUT2D eigenvalue weighted by atomic mass is 9.91. The van der Waals surface area contributed by atoms with Crippen molar-refractivity contribution in [1.82, 2.24) is 4.98 Å². The zero-order chi connectivity index (χ0) is 12.1. The monoisotopic (exact) mass is 223 g/mol. The van der Waals surface area contributed by atoms with Gasteiger partial charge >= 0.3 is 5.97 Å². The van der Waals surface area contributed by atoms with Crippen molar-refractivity contribution in [3.8, 4) is 5.75 Å². The van der Waals surface area contributed by atoms with Gasteiger partial charge in [-0.15, -0.1) is 0 Å². The van der Waals surface area contributed by atoms with Crippen LogP contribution < -0.4 is 4.74 Å². The van der Waals surface area contributed by atoms with Gasteiger partial charge in [-0.1, -0.05) is 13.8 Å². The maximum absolute atomic E-state index is 11.7. The quantitative estimate of drug-likeness (QED) is 0.732. The number of carbonyl (C=O) groups excluding carboxylic acids is 1. The highest BCUT2D eigenvalue weighted by Crippen LogP contribution is 2.30. The number of carbonyl (C=O) groups is 1. The average Bonchev–Trinajstić information content (AvgIpc) is 2.29. The maximum Gasteiger partial charge on any atom is 0.315 e. The first-order chi connectivity index (χ1) is 7.61. The van der Waals surface area contributed by atoms with Gasteiger partial charge in [0, 0.05) is 6.20 Å². The van der Waals surface area contributed by atoms with Crippen LogP contribution in [0.2, 0.25) is 0 Å². The van der Waals surface area contributed by atoms with Crippen molar-refractivity contribution in [2.45, 2.75) is 19.8 Å². The number of ether oxygens (including phenoxy) is 2. The zero-order valence-electron chi connectivity index (χ0n) is 10.1. The molecule has 0 aromatic carbocycles. The van der Waals surface area contributed by atoms with Crippen molar-refractivity contribution < 1.29 is 14.3 Å². The van der Waals surface area contributed by atoms with Crippen molar-refractivity contribution in [2.24, 2.45) is 5.92 Å². The maximum atomic E-state index is 11.7. The number of rotatable bonds is 4. The molecule has 1 unspecified atom stereocenters. The molecule has 1 rings (SSSR count). The third kappa shape index (κ3) is 2.51. The van der Waals surface area contributed by atoms with Gasteiger partial charge < -0.3 is 9.47 Å². The van der Waals surface area contributed by atoms with Gasteiger partial charge in [0.2, 0.25) is 0 Å². The number of hydrogen-bond acceptors (Lipinski definition) is 4. The molecule has 1 aromatic heterocycles. The van der Waals surface area contributed by atoms with E-state index in [1.54, 1.807) is 25.4 Å². The smallest absolute Gasteiger partial charge is 0.315 e. The van der Waals surface area contributed by atoms with Crippen LogP contribution in [0.3, 0.4) is 0 Å². The Kier molecular flexibility index (Phi) is 4.28. The van der Waals surface area contributed by atoms with Gasteiger partial charge in [-0.2, -0.15) is 0 Å². The molecule has 1 aromatic rings. The predicted molar refractivity (Wildman–Crippen MR) is 60.4 cm³/mol. The van der Waals surface area contributed by atoms with E-state index in [4.69, 9.17) is 9.47 Å². The summed E-state index contributed by atoms with van der Waals surface area (Å²) in [6, 6.07) is 3.57. The summed E-state index contributed by atoms with van der Waals surface area (Å²) in [5, 5.41) is 0. The molecule has 0 saturated carbocycles. The number of esters is 1. The van der Waals surface area contributed by atoms with Gasteiger partial charge in [-0.25, -0.2) is 0 Å². The van der Waals surface area contributed by atoms with E-state index in [2.05, 4.69) is 4.98 Å². The number of aromatic nitrogens is 1. The van der Waals surface area contributed by atoms with E-state index in [0.29, 0.717) is 11.4 Å². The Morgan fingerprint density at radius 1 is 1.38 bits per heavy atom. The Morgan fingerprint density at radius 3 is 2.56 bits per heavy atom. The highest BCUT2D eigenvalue weighted by atomic mass is 16.5. The minimum absolute atomic E-state index is 0.108. The molecular weight excluding hydrogens is 206 g/mol. The van der Waals surface area contributed by atoms with Gasteiger partial charge in [0.25, 0.3) is 0 Å². The number of methoxy groups -OCH3 is 2. The Hall–Kier alpha value is -1.58. The van der Waals surface area contributed by atoms with Gasteiger partial charge in [0.1, 0.15) is 11.7 Å². The fourth-order valence-corrected chi connectivity index (χ4v) is 1.64. The van der Waals surface area contributed by atoms with Crippen molar-refractivity contribution in [1.29, 1.82) is 0 Å². The highest BCUT2D eigenvalue weighted by Gasteiger charge is 2.29. The van der Waals surface area contributed by atoms with Gasteiger partial charge in [-0.3, -0.25) is 9.78 Å². The van der Waals surface area contributed by atoms with Crippen LogP contribution in [0, 0.1) is 5.92 Å². The summed E-state index contributed by atoms with van der Waals surface area (Å²) < 4.78 is 9.99. The first-order valence-electron chi connectivity index (χ1n) is 5.18. The predicted octanol–water partition coefficient (Wildman–Crippen LogP) is 2.00. The molecule has 0 spiro atoms. The van der Waals surface area contributed by atoms with Crippen LogP contribution in [-0.2, 0) is 9.53 Å². The second kappa shape index (κ2) is 5.49. The van der Waals surface area contributed by atoms with E-state index >= 15 is 0 Å². The van der Waals surface area contributed by atoms with E-state index in [9.17, 15) is 4.79 Å². The molecule has 0 aliphatic heterocycles. The van der Waals surface area contributed by atoms with Gasteiger partial charge in [0.15, 0.2) is 0 Å². The lowest BCUT2D eigenvalue weighted by Gasteiger charge is -2.19. The van der Waals surface area contributed by atoms with Crippen LogP contribution in [0.25, 0.3) is 0 Å². The molecular formula is C12H17NO3. The standard InChI is InChI=1S/C12H17NO3/c1-8(2)10(12(14)16-4)11-9(15-3)6-5-7-13-11/h5-8,10H,1-4H3. The van der Waals surface area contributed by atoms with Crippen molar-refractivity contribution in [3.63, 3.8) is 0 Å². The Morgan fingerprint density at radius 2 is 2.06 bits per heavy atom. The minimum Gasteiger partial charge on any atom is -0.495 e. The first kappa shape index (κ1) is 12.5. The SMILES string of the molecule is COC(=O)C(c1ncccc1OC)C(C)C.